The normalized spacial score (nSPS) is 13.4. The standard InChI is InChI=1S/C76H100ClN19O15/c1-50-42-61(85-56-15-13-55(77)14-16-56)59-43-54(12-17-63(59)96(50)51(2)97)52-8-10-53(11-9-52)71(100)83-26-29-106-31-33-108-35-37-110-39-41-111-40-38-109-36-34-107-32-30-105-28-25-79-67(98)19-22-82-74(103)69-90-66(49-95(69)7)89-68(99)20-23-81-73(102)64-44-57(46-92(64)4)86-75(104)70-88-62(48-94(70)6)60(78)18-21-80-72(101)65-45-58(47-93(65)5)87-76-84-24-27-91(76)3/h8-17,24,27,43-50,60-61,85H,18-23,25-26,28-42,78H2,1-7H3,(H,79,98)(H,80,101)(H,81,102)(H,82,103)(H,83,100)(H,84,87)(H,86,104)(H,89,99)/t50-,60?,61+/m0/s1. The van der Waals surface area contributed by atoms with Gasteiger partial charge >= 0.3 is 0 Å². The average Bonchev–Trinajstić information content (AvgIpc) is 1.66. The summed E-state index contributed by atoms with van der Waals surface area (Å²) in [5.74, 6) is -2.04. The number of imidazole rings is 3. The molecule has 0 radical (unpaired) electrons. The van der Waals surface area contributed by atoms with Gasteiger partial charge in [0, 0.05) is 153 Å². The van der Waals surface area contributed by atoms with E-state index in [-0.39, 0.29) is 105 Å². The van der Waals surface area contributed by atoms with Crippen molar-refractivity contribution in [3.8, 4) is 11.1 Å². The van der Waals surface area contributed by atoms with E-state index in [1.54, 1.807) is 82.7 Å². The van der Waals surface area contributed by atoms with Gasteiger partial charge in [0.25, 0.3) is 29.5 Å². The van der Waals surface area contributed by atoms with Crippen molar-refractivity contribution < 1.29 is 71.5 Å². The van der Waals surface area contributed by atoms with E-state index in [1.165, 1.54) is 26.0 Å². The van der Waals surface area contributed by atoms with Gasteiger partial charge in [-0.05, 0) is 97.1 Å². The number of anilines is 6. The van der Waals surface area contributed by atoms with E-state index in [4.69, 9.17) is 50.5 Å². The van der Waals surface area contributed by atoms with Gasteiger partial charge in [0.1, 0.15) is 11.4 Å². The molecule has 34 nitrogen and oxygen atoms in total. The number of ether oxygens (including phenoxy) is 7. The van der Waals surface area contributed by atoms with Gasteiger partial charge in [-0.15, -0.1) is 0 Å². The van der Waals surface area contributed by atoms with Gasteiger partial charge in [0.05, 0.1) is 122 Å². The molecule has 5 aromatic heterocycles. The van der Waals surface area contributed by atoms with Crippen LogP contribution in [0, 0.1) is 0 Å². The minimum absolute atomic E-state index is 0.00131. The Morgan fingerprint density at radius 3 is 1.63 bits per heavy atom. The second kappa shape index (κ2) is 43.0. The number of fused-ring (bicyclic) bond motifs is 1. The van der Waals surface area contributed by atoms with Crippen molar-refractivity contribution in [2.45, 2.75) is 57.7 Å². The molecule has 0 saturated carbocycles. The number of carbonyl (C=O) groups is 8. The molecule has 0 spiro atoms. The highest BCUT2D eigenvalue weighted by atomic mass is 35.5. The summed E-state index contributed by atoms with van der Waals surface area (Å²) < 4.78 is 47.0. The second-order valence-corrected chi connectivity index (χ2v) is 26.6. The Labute approximate surface area is 648 Å². The van der Waals surface area contributed by atoms with Crippen LogP contribution in [0.4, 0.5) is 34.5 Å². The fourth-order valence-electron chi connectivity index (χ4n) is 12.0. The predicted molar refractivity (Wildman–Crippen MR) is 416 cm³/mol. The number of nitrogens with two attached hydrogens (primary N) is 1. The fourth-order valence-corrected chi connectivity index (χ4v) is 12.1. The molecule has 0 fully saturated rings. The second-order valence-electron chi connectivity index (χ2n) is 26.2. The van der Waals surface area contributed by atoms with Crippen molar-refractivity contribution in [1.29, 1.82) is 0 Å². The van der Waals surface area contributed by atoms with E-state index in [2.05, 4.69) is 75.8 Å². The smallest absolute Gasteiger partial charge is 0.291 e. The Bertz CT molecular complexity index is 4400. The minimum Gasteiger partial charge on any atom is -0.378 e. The van der Waals surface area contributed by atoms with E-state index in [9.17, 15) is 38.4 Å². The lowest BCUT2D eigenvalue weighted by molar-refractivity contribution is -0.121. The van der Waals surface area contributed by atoms with E-state index in [0.29, 0.717) is 138 Å². The van der Waals surface area contributed by atoms with Crippen LogP contribution in [0.2, 0.25) is 5.02 Å². The SMILES string of the molecule is CC(=O)N1c2ccc(-c3ccc(C(=O)NCCOCCOCCOCCOCCOCCOCCOCCNC(=O)CCNC(=O)c4nc(NC(=O)CCNC(=O)c5cc(NC(=O)c6nc(C(N)CCNC(=O)c7cc(Nc8nccn8C)cn7C)cn6C)cn5C)cn4C)cc3)cc2[C@H](Nc2ccc(Cl)cc2)C[C@@H]1C. The zero-order valence-corrected chi connectivity index (χ0v) is 64.3. The van der Waals surface area contributed by atoms with Crippen molar-refractivity contribution in [2.75, 3.05) is 151 Å². The topological polar surface area (TPSA) is 402 Å². The average molecular weight is 1560 g/mol. The molecule has 8 amide bonds. The molecule has 0 saturated heterocycles. The number of halogens is 1. The molecule has 35 heteroatoms. The number of hydrogen-bond donors (Lipinski definition) is 10. The van der Waals surface area contributed by atoms with Crippen molar-refractivity contribution >= 4 is 93.4 Å². The molecule has 3 atom stereocenters. The van der Waals surface area contributed by atoms with Crippen molar-refractivity contribution in [3.63, 3.8) is 0 Å². The van der Waals surface area contributed by atoms with Crippen LogP contribution in [0.1, 0.15) is 115 Å². The lowest BCUT2D eigenvalue weighted by Crippen LogP contribution is -2.43. The summed E-state index contributed by atoms with van der Waals surface area (Å²) in [6.07, 6.45) is 10.9. The quantitative estimate of drug-likeness (QED) is 0.0209. The monoisotopic (exact) mass is 1550 g/mol. The molecule has 6 heterocycles. The molecule has 1 unspecified atom stereocenters. The number of benzene rings is 3. The van der Waals surface area contributed by atoms with Crippen molar-refractivity contribution in [3.05, 3.63) is 161 Å². The molecule has 0 bridgehead atoms. The summed E-state index contributed by atoms with van der Waals surface area (Å²) in [6, 6.07) is 23.8. The lowest BCUT2D eigenvalue weighted by Gasteiger charge is -2.39. The van der Waals surface area contributed by atoms with E-state index >= 15 is 0 Å². The first kappa shape index (κ1) is 84.2. The molecule has 111 heavy (non-hydrogen) atoms. The molecule has 0 aliphatic carbocycles. The first-order valence-corrected chi connectivity index (χ1v) is 37.0. The Hall–Kier alpha value is -10.8. The highest BCUT2D eigenvalue weighted by Crippen LogP contribution is 2.41. The first-order chi connectivity index (χ1) is 53.6. The van der Waals surface area contributed by atoms with Crippen LogP contribution >= 0.6 is 11.6 Å². The number of amides is 8. The Morgan fingerprint density at radius 1 is 0.514 bits per heavy atom. The van der Waals surface area contributed by atoms with Gasteiger partial charge in [-0.2, -0.15) is 0 Å². The van der Waals surface area contributed by atoms with Crippen molar-refractivity contribution in [1.82, 2.24) is 64.4 Å². The number of nitrogens with zero attached hydrogens (tertiary/aromatic N) is 9. The van der Waals surface area contributed by atoms with Crippen LogP contribution in [0.15, 0.2) is 116 Å². The van der Waals surface area contributed by atoms with E-state index in [1.807, 2.05) is 71.2 Å². The summed E-state index contributed by atoms with van der Waals surface area (Å²) in [5, 5.41) is 26.7. The molecular weight excluding hydrogens is 1450 g/mol. The van der Waals surface area contributed by atoms with Crippen molar-refractivity contribution in [2.24, 2.45) is 41.0 Å². The van der Waals surface area contributed by atoms with Crippen LogP contribution in [-0.4, -0.2) is 216 Å². The molecule has 11 N–H and O–H groups in total. The lowest BCUT2D eigenvalue weighted by atomic mass is 9.88. The number of rotatable bonds is 46. The molecule has 9 rings (SSSR count). The summed E-state index contributed by atoms with van der Waals surface area (Å²) in [4.78, 5) is 118. The fraction of sp³-hybridized carbons (Fsp3) is 0.434. The number of aromatic nitrogens is 8. The highest BCUT2D eigenvalue weighted by Gasteiger charge is 2.33. The van der Waals surface area contributed by atoms with Gasteiger partial charge in [-0.1, -0.05) is 29.8 Å². The molecule has 1 aliphatic heterocycles. The van der Waals surface area contributed by atoms with Gasteiger partial charge in [0.15, 0.2) is 11.6 Å². The third-order valence-electron chi connectivity index (χ3n) is 17.7. The molecule has 3 aromatic carbocycles. The Kier molecular flexibility index (Phi) is 32.6. The molecule has 1 aliphatic rings. The third-order valence-corrected chi connectivity index (χ3v) is 17.9. The number of aryl methyl sites for hydroxylation is 5. The molecule has 8 aromatic rings. The van der Waals surface area contributed by atoms with E-state index in [0.717, 1.165) is 34.5 Å². The first-order valence-electron chi connectivity index (χ1n) is 36.6. The number of hydrogen-bond acceptors (Lipinski definition) is 21. The maximum Gasteiger partial charge on any atom is 0.291 e. The van der Waals surface area contributed by atoms with Gasteiger partial charge in [-0.3, -0.25) is 38.4 Å². The molecular formula is C76H100ClN19O15. The maximum atomic E-state index is 13.4. The third kappa shape index (κ3) is 25.9. The summed E-state index contributed by atoms with van der Waals surface area (Å²) in [6.45, 7) is 9.66. The van der Waals surface area contributed by atoms with Crippen LogP contribution in [0.5, 0.6) is 0 Å². The predicted octanol–water partition coefficient (Wildman–Crippen LogP) is 5.54. The highest BCUT2D eigenvalue weighted by molar-refractivity contribution is 6.30. The Morgan fingerprint density at radius 2 is 1.04 bits per heavy atom. The number of carbonyl (C=O) groups excluding carboxylic acids is 8. The van der Waals surface area contributed by atoms with Crippen LogP contribution < -0.4 is 58.5 Å². The maximum absolute atomic E-state index is 13.4. The summed E-state index contributed by atoms with van der Waals surface area (Å²) >= 11 is 6.14. The molecule has 596 valence electrons. The summed E-state index contributed by atoms with van der Waals surface area (Å²) in [5.41, 5.74) is 13.9. The zero-order valence-electron chi connectivity index (χ0n) is 63.6. The van der Waals surface area contributed by atoms with E-state index < -0.39 is 29.7 Å². The van der Waals surface area contributed by atoms with Gasteiger partial charge in [0.2, 0.25) is 29.5 Å². The Balaban J connectivity index is 0.517. The minimum atomic E-state index is -0.596. The zero-order chi connectivity index (χ0) is 79.2. The number of nitrogens with one attached hydrogen (secondary N) is 9. The summed E-state index contributed by atoms with van der Waals surface area (Å²) in [7, 11) is 8.49. The van der Waals surface area contributed by atoms with Gasteiger partial charge < -0.3 is 114 Å². The van der Waals surface area contributed by atoms with Gasteiger partial charge in [-0.25, -0.2) is 15.0 Å². The largest absolute Gasteiger partial charge is 0.378 e. The van der Waals surface area contributed by atoms with Crippen LogP contribution in [0.25, 0.3) is 11.1 Å². The van der Waals surface area contributed by atoms with Crippen LogP contribution in [0.3, 0.4) is 0 Å². The van der Waals surface area contributed by atoms with Crippen LogP contribution in [-0.2, 0) is 82.8 Å².